The third-order valence-corrected chi connectivity index (χ3v) is 6.72. The van der Waals surface area contributed by atoms with Crippen molar-refractivity contribution in [1.29, 1.82) is 0 Å². The van der Waals surface area contributed by atoms with Gasteiger partial charge in [-0.05, 0) is 76.1 Å². The SMILES string of the molecule is CC(C)(C)OC(=O)n1ncc2ccc(NC(=O)c3ccccc3NC(=O)C3CCN(c4ccncc4)CC3)cc21. The lowest BCUT2D eigenvalue weighted by Crippen LogP contribution is -2.38. The molecule has 0 saturated carbocycles. The first-order valence-electron chi connectivity index (χ1n) is 13.3. The summed E-state index contributed by atoms with van der Waals surface area (Å²) in [4.78, 5) is 45.3. The second-order valence-electron chi connectivity index (χ2n) is 10.8. The first-order chi connectivity index (χ1) is 19.2. The van der Waals surface area contributed by atoms with E-state index in [9.17, 15) is 14.4 Å². The molecule has 4 aromatic rings. The van der Waals surface area contributed by atoms with Crippen molar-refractivity contribution in [2.24, 2.45) is 5.92 Å². The molecule has 0 bridgehead atoms. The zero-order chi connectivity index (χ0) is 28.3. The Hall–Kier alpha value is -4.73. The van der Waals surface area contributed by atoms with Gasteiger partial charge in [0.25, 0.3) is 5.91 Å². The third-order valence-electron chi connectivity index (χ3n) is 6.72. The Balaban J connectivity index is 1.26. The highest BCUT2D eigenvalue weighted by molar-refractivity contribution is 6.10. The Morgan fingerprint density at radius 1 is 0.950 bits per heavy atom. The highest BCUT2D eigenvalue weighted by Crippen LogP contribution is 2.26. The second-order valence-corrected chi connectivity index (χ2v) is 10.8. The molecule has 40 heavy (non-hydrogen) atoms. The average Bonchev–Trinajstić information content (AvgIpc) is 3.36. The maximum Gasteiger partial charge on any atom is 0.435 e. The monoisotopic (exact) mass is 540 g/mol. The fourth-order valence-corrected chi connectivity index (χ4v) is 4.72. The van der Waals surface area contributed by atoms with Crippen molar-refractivity contribution in [3.05, 3.63) is 78.8 Å². The number of carbonyl (C=O) groups is 3. The lowest BCUT2D eigenvalue weighted by Gasteiger charge is -2.33. The number of piperidine rings is 1. The van der Waals surface area contributed by atoms with Crippen molar-refractivity contribution in [2.45, 2.75) is 39.2 Å². The fourth-order valence-electron chi connectivity index (χ4n) is 4.72. The van der Waals surface area contributed by atoms with Crippen LogP contribution in [0.1, 0.15) is 44.0 Å². The molecular weight excluding hydrogens is 508 g/mol. The van der Waals surface area contributed by atoms with Crippen LogP contribution >= 0.6 is 0 Å². The van der Waals surface area contributed by atoms with E-state index in [-0.39, 0.29) is 17.7 Å². The molecule has 2 N–H and O–H groups in total. The van der Waals surface area contributed by atoms with E-state index >= 15 is 0 Å². The minimum Gasteiger partial charge on any atom is -0.442 e. The van der Waals surface area contributed by atoms with Gasteiger partial charge in [0.15, 0.2) is 0 Å². The van der Waals surface area contributed by atoms with Gasteiger partial charge >= 0.3 is 6.09 Å². The maximum absolute atomic E-state index is 13.3. The molecule has 10 heteroatoms. The zero-order valence-electron chi connectivity index (χ0n) is 22.8. The van der Waals surface area contributed by atoms with Crippen LogP contribution in [0.25, 0.3) is 10.9 Å². The largest absolute Gasteiger partial charge is 0.442 e. The van der Waals surface area contributed by atoms with Crippen LogP contribution in [0.5, 0.6) is 0 Å². The predicted molar refractivity (Wildman–Crippen MR) is 154 cm³/mol. The van der Waals surface area contributed by atoms with Gasteiger partial charge in [-0.1, -0.05) is 12.1 Å². The lowest BCUT2D eigenvalue weighted by atomic mass is 9.95. The van der Waals surface area contributed by atoms with E-state index in [2.05, 4.69) is 25.6 Å². The Morgan fingerprint density at radius 2 is 1.68 bits per heavy atom. The summed E-state index contributed by atoms with van der Waals surface area (Å²) < 4.78 is 6.61. The van der Waals surface area contributed by atoms with Crippen molar-refractivity contribution in [3.8, 4) is 0 Å². The van der Waals surface area contributed by atoms with E-state index in [1.165, 1.54) is 4.68 Å². The van der Waals surface area contributed by atoms with Gasteiger partial charge in [-0.3, -0.25) is 14.6 Å². The van der Waals surface area contributed by atoms with E-state index < -0.39 is 11.7 Å². The summed E-state index contributed by atoms with van der Waals surface area (Å²) in [6.07, 6.45) is 5.93. The summed E-state index contributed by atoms with van der Waals surface area (Å²) >= 11 is 0. The quantitative estimate of drug-likeness (QED) is 0.352. The minimum atomic E-state index is -0.675. The average molecular weight is 541 g/mol. The number of fused-ring (bicyclic) bond motifs is 1. The van der Waals surface area contributed by atoms with Crippen LogP contribution in [0.4, 0.5) is 21.9 Å². The number of para-hydroxylation sites is 1. The number of amides is 2. The molecule has 0 unspecified atom stereocenters. The van der Waals surface area contributed by atoms with Crippen LogP contribution in [0.15, 0.2) is 73.2 Å². The van der Waals surface area contributed by atoms with Crippen molar-refractivity contribution in [1.82, 2.24) is 14.8 Å². The number of nitrogens with one attached hydrogen (secondary N) is 2. The number of hydrogen-bond donors (Lipinski definition) is 2. The normalized spacial score (nSPS) is 14.1. The van der Waals surface area contributed by atoms with E-state index in [1.807, 2.05) is 12.1 Å². The Kier molecular flexibility index (Phi) is 7.50. The minimum absolute atomic E-state index is 0.0997. The van der Waals surface area contributed by atoms with E-state index in [1.54, 1.807) is 81.8 Å². The molecule has 1 fully saturated rings. The topological polar surface area (TPSA) is 118 Å². The van der Waals surface area contributed by atoms with Gasteiger partial charge in [0, 0.05) is 48.2 Å². The highest BCUT2D eigenvalue weighted by Gasteiger charge is 2.26. The van der Waals surface area contributed by atoms with Gasteiger partial charge in [-0.2, -0.15) is 9.78 Å². The van der Waals surface area contributed by atoms with Crippen LogP contribution in [-0.2, 0) is 9.53 Å². The number of benzene rings is 2. The number of anilines is 3. The summed E-state index contributed by atoms with van der Waals surface area (Å²) in [5, 5.41) is 10.7. The summed E-state index contributed by atoms with van der Waals surface area (Å²) in [6.45, 7) is 6.89. The zero-order valence-corrected chi connectivity index (χ0v) is 22.8. The van der Waals surface area contributed by atoms with Gasteiger partial charge in [0.2, 0.25) is 5.91 Å². The summed E-state index contributed by atoms with van der Waals surface area (Å²) in [5.41, 5.74) is 2.20. The van der Waals surface area contributed by atoms with E-state index in [0.29, 0.717) is 35.3 Å². The number of carbonyl (C=O) groups excluding carboxylic acids is 3. The van der Waals surface area contributed by atoms with Gasteiger partial charge in [-0.25, -0.2) is 4.79 Å². The third kappa shape index (κ3) is 6.12. The van der Waals surface area contributed by atoms with Gasteiger partial charge in [0.1, 0.15) is 5.60 Å². The van der Waals surface area contributed by atoms with Crippen LogP contribution in [0.2, 0.25) is 0 Å². The molecule has 0 spiro atoms. The molecule has 1 saturated heterocycles. The molecule has 0 radical (unpaired) electrons. The molecule has 5 rings (SSSR count). The molecule has 1 aliphatic rings. The predicted octanol–water partition coefficient (Wildman–Crippen LogP) is 5.32. The fraction of sp³-hybridized carbons (Fsp3) is 0.300. The molecule has 2 aromatic heterocycles. The summed E-state index contributed by atoms with van der Waals surface area (Å²) in [5.74, 6) is -0.631. The Bertz CT molecular complexity index is 1530. The summed E-state index contributed by atoms with van der Waals surface area (Å²) in [7, 11) is 0. The molecule has 3 heterocycles. The Labute approximate surface area is 232 Å². The smallest absolute Gasteiger partial charge is 0.435 e. The molecule has 0 atom stereocenters. The van der Waals surface area contributed by atoms with Gasteiger partial charge in [0.05, 0.1) is 23.0 Å². The number of pyridine rings is 1. The van der Waals surface area contributed by atoms with Crippen LogP contribution in [0, 0.1) is 5.92 Å². The highest BCUT2D eigenvalue weighted by atomic mass is 16.6. The van der Waals surface area contributed by atoms with Crippen molar-refractivity contribution < 1.29 is 19.1 Å². The molecular formula is C30H32N6O4. The molecule has 0 aliphatic carbocycles. The number of rotatable bonds is 5. The lowest BCUT2D eigenvalue weighted by molar-refractivity contribution is -0.120. The number of nitrogens with zero attached hydrogens (tertiary/aromatic N) is 4. The van der Waals surface area contributed by atoms with Gasteiger partial charge < -0.3 is 20.3 Å². The number of ether oxygens (including phenoxy) is 1. The van der Waals surface area contributed by atoms with E-state index in [4.69, 9.17) is 4.74 Å². The number of hydrogen-bond acceptors (Lipinski definition) is 7. The van der Waals surface area contributed by atoms with Crippen LogP contribution in [0.3, 0.4) is 0 Å². The molecule has 2 aromatic carbocycles. The van der Waals surface area contributed by atoms with Gasteiger partial charge in [-0.15, -0.1) is 0 Å². The van der Waals surface area contributed by atoms with Crippen LogP contribution in [-0.4, -0.2) is 51.4 Å². The first kappa shape index (κ1) is 26.9. The molecule has 2 amide bonds. The maximum atomic E-state index is 13.3. The second kappa shape index (κ2) is 11.2. The Morgan fingerprint density at radius 3 is 2.40 bits per heavy atom. The van der Waals surface area contributed by atoms with Crippen molar-refractivity contribution in [3.63, 3.8) is 0 Å². The molecule has 1 aliphatic heterocycles. The molecule has 10 nitrogen and oxygen atoms in total. The summed E-state index contributed by atoms with van der Waals surface area (Å²) in [6, 6.07) is 16.0. The first-order valence-corrected chi connectivity index (χ1v) is 13.3. The van der Waals surface area contributed by atoms with E-state index in [0.717, 1.165) is 24.2 Å². The standard InChI is InChI=1S/C30H32N6O4/c1-30(2,3)40-29(39)36-26-18-22(9-8-21(26)19-32-36)33-28(38)24-6-4-5-7-25(24)34-27(37)20-12-16-35(17-13-20)23-10-14-31-15-11-23/h4-11,14-15,18-20H,12-13,16-17H2,1-3H3,(H,33,38)(H,34,37). The molecule has 206 valence electrons. The van der Waals surface area contributed by atoms with Crippen molar-refractivity contribution >= 4 is 45.9 Å². The van der Waals surface area contributed by atoms with Crippen LogP contribution < -0.4 is 15.5 Å². The number of aromatic nitrogens is 3. The van der Waals surface area contributed by atoms with Crippen molar-refractivity contribution in [2.75, 3.05) is 28.6 Å².